The fraction of sp³-hybridized carbons (Fsp3) is 0.300. The molecule has 0 aliphatic heterocycles. The Bertz CT molecular complexity index is 1330. The maximum absolute atomic E-state index is 13.0. The minimum atomic E-state index is -0.00419. The Morgan fingerprint density at radius 1 is 0.861 bits per heavy atom. The predicted octanol–water partition coefficient (Wildman–Crippen LogP) is 5.76. The van der Waals surface area contributed by atoms with Gasteiger partial charge in [0, 0.05) is 37.6 Å². The number of rotatable bonds is 7. The van der Waals surface area contributed by atoms with E-state index in [0.717, 1.165) is 59.1 Å². The van der Waals surface area contributed by atoms with Crippen LogP contribution in [-0.4, -0.2) is 42.6 Å². The summed E-state index contributed by atoms with van der Waals surface area (Å²) in [5.74, 6) is 2.09. The number of nitrogens with one attached hydrogen (secondary N) is 2. The molecule has 6 heteroatoms. The van der Waals surface area contributed by atoms with E-state index in [1.54, 1.807) is 0 Å². The van der Waals surface area contributed by atoms with Gasteiger partial charge in [-0.15, -0.1) is 0 Å². The van der Waals surface area contributed by atoms with E-state index in [4.69, 9.17) is 9.97 Å². The highest BCUT2D eigenvalue weighted by atomic mass is 16.1. The average molecular weight is 480 g/mol. The number of amides is 1. The van der Waals surface area contributed by atoms with Crippen molar-refractivity contribution in [3.05, 3.63) is 84.4 Å². The molecule has 184 valence electrons. The molecule has 1 aromatic heterocycles. The predicted molar refractivity (Wildman–Crippen MR) is 147 cm³/mol. The number of para-hydroxylation sites is 1. The number of hydrogen-bond acceptors (Lipinski definition) is 5. The first kappa shape index (κ1) is 23.8. The van der Waals surface area contributed by atoms with Gasteiger partial charge in [-0.3, -0.25) is 4.79 Å². The van der Waals surface area contributed by atoms with Gasteiger partial charge in [0.05, 0.1) is 5.52 Å². The minimum Gasteiger partial charge on any atom is -0.362 e. The number of nitrogens with zero attached hydrogens (tertiary/aromatic N) is 3. The third-order valence-corrected chi connectivity index (χ3v) is 6.99. The number of benzene rings is 3. The van der Waals surface area contributed by atoms with Gasteiger partial charge in [-0.25, -0.2) is 4.98 Å². The molecule has 36 heavy (non-hydrogen) atoms. The fourth-order valence-corrected chi connectivity index (χ4v) is 5.04. The molecule has 0 unspecified atom stereocenters. The summed E-state index contributed by atoms with van der Waals surface area (Å²) in [7, 11) is 4.02. The highest BCUT2D eigenvalue weighted by Crippen LogP contribution is 2.29. The number of anilines is 2. The van der Waals surface area contributed by atoms with Crippen LogP contribution in [0.1, 0.15) is 36.0 Å². The zero-order valence-electron chi connectivity index (χ0n) is 20.9. The normalized spacial score (nSPS) is 17.5. The second-order valence-electron chi connectivity index (χ2n) is 9.77. The summed E-state index contributed by atoms with van der Waals surface area (Å²) in [6.45, 7) is 0.700. The summed E-state index contributed by atoms with van der Waals surface area (Å²) >= 11 is 0. The fourth-order valence-electron chi connectivity index (χ4n) is 5.04. The quantitative estimate of drug-likeness (QED) is 0.352. The van der Waals surface area contributed by atoms with Crippen molar-refractivity contribution in [2.24, 2.45) is 5.92 Å². The van der Waals surface area contributed by atoms with Crippen LogP contribution in [0.15, 0.2) is 78.9 Å². The summed E-state index contributed by atoms with van der Waals surface area (Å²) in [6, 6.07) is 26.4. The third kappa shape index (κ3) is 5.33. The monoisotopic (exact) mass is 479 g/mol. The maximum atomic E-state index is 13.0. The molecule has 1 saturated carbocycles. The van der Waals surface area contributed by atoms with Gasteiger partial charge in [-0.1, -0.05) is 60.7 Å². The van der Waals surface area contributed by atoms with Crippen LogP contribution in [-0.2, 0) is 0 Å². The average Bonchev–Trinajstić information content (AvgIpc) is 2.92. The molecule has 1 amide bonds. The Hall–Kier alpha value is -3.93. The molecule has 1 fully saturated rings. The van der Waals surface area contributed by atoms with Crippen LogP contribution in [0, 0.1) is 5.92 Å². The van der Waals surface area contributed by atoms with E-state index in [1.807, 2.05) is 91.8 Å². The van der Waals surface area contributed by atoms with Crippen LogP contribution in [0.3, 0.4) is 0 Å². The van der Waals surface area contributed by atoms with E-state index in [1.165, 1.54) is 0 Å². The molecule has 5 rings (SSSR count). The standard InChI is InChI=1S/C30H33N5O/c1-35(2)28-26-14-8-9-15-27(26)33-30(34-28)32-23-18-16-21(17-19-23)20-31-29(36)25-13-7-6-12-24(25)22-10-4-3-5-11-22/h3-15,21,23H,16-20H2,1-2H3,(H,31,36)(H,32,33,34)/t21-,23+. The van der Waals surface area contributed by atoms with Crippen LogP contribution >= 0.6 is 0 Å². The molecule has 1 aliphatic carbocycles. The smallest absolute Gasteiger partial charge is 0.251 e. The Labute approximate surface area is 212 Å². The van der Waals surface area contributed by atoms with Gasteiger partial charge in [0.25, 0.3) is 5.91 Å². The minimum absolute atomic E-state index is 0.00419. The highest BCUT2D eigenvalue weighted by Gasteiger charge is 2.23. The van der Waals surface area contributed by atoms with Gasteiger partial charge in [0.2, 0.25) is 5.95 Å². The van der Waals surface area contributed by atoms with Gasteiger partial charge in [-0.2, -0.15) is 4.98 Å². The third-order valence-electron chi connectivity index (χ3n) is 6.99. The molecule has 0 atom stereocenters. The van der Waals surface area contributed by atoms with E-state index in [-0.39, 0.29) is 5.91 Å². The van der Waals surface area contributed by atoms with Gasteiger partial charge in [-0.05, 0) is 60.9 Å². The van der Waals surface area contributed by atoms with Gasteiger partial charge < -0.3 is 15.5 Å². The highest BCUT2D eigenvalue weighted by molar-refractivity contribution is 6.00. The largest absolute Gasteiger partial charge is 0.362 e. The van der Waals surface area contributed by atoms with Crippen molar-refractivity contribution in [3.8, 4) is 11.1 Å². The van der Waals surface area contributed by atoms with E-state index >= 15 is 0 Å². The summed E-state index contributed by atoms with van der Waals surface area (Å²) in [5.41, 5.74) is 3.70. The molecule has 0 radical (unpaired) electrons. The van der Waals surface area contributed by atoms with Crippen molar-refractivity contribution in [1.82, 2.24) is 15.3 Å². The van der Waals surface area contributed by atoms with E-state index in [2.05, 4.69) is 16.7 Å². The van der Waals surface area contributed by atoms with Crippen molar-refractivity contribution >= 4 is 28.6 Å². The molecule has 0 bridgehead atoms. The van der Waals surface area contributed by atoms with Crippen LogP contribution in [0.5, 0.6) is 0 Å². The zero-order chi connectivity index (χ0) is 24.9. The number of aromatic nitrogens is 2. The molecule has 1 aliphatic rings. The molecular formula is C30H33N5O. The number of carbonyl (C=O) groups excluding carboxylic acids is 1. The summed E-state index contributed by atoms with van der Waals surface area (Å²) < 4.78 is 0. The summed E-state index contributed by atoms with van der Waals surface area (Å²) in [6.07, 6.45) is 4.20. The van der Waals surface area contributed by atoms with Crippen molar-refractivity contribution < 1.29 is 4.79 Å². The Balaban J connectivity index is 1.17. The topological polar surface area (TPSA) is 70.2 Å². The van der Waals surface area contributed by atoms with Gasteiger partial charge >= 0.3 is 0 Å². The second-order valence-corrected chi connectivity index (χ2v) is 9.77. The lowest BCUT2D eigenvalue weighted by molar-refractivity contribution is 0.0944. The Kier molecular flexibility index (Phi) is 7.12. The number of carbonyl (C=O) groups is 1. The first-order valence-corrected chi connectivity index (χ1v) is 12.7. The molecule has 0 spiro atoms. The van der Waals surface area contributed by atoms with Crippen molar-refractivity contribution in [2.45, 2.75) is 31.7 Å². The Morgan fingerprint density at radius 2 is 1.56 bits per heavy atom. The molecule has 2 N–H and O–H groups in total. The van der Waals surface area contributed by atoms with E-state index < -0.39 is 0 Å². The van der Waals surface area contributed by atoms with Crippen molar-refractivity contribution in [2.75, 3.05) is 30.9 Å². The first-order chi connectivity index (χ1) is 17.6. The maximum Gasteiger partial charge on any atom is 0.251 e. The molecule has 3 aromatic carbocycles. The lowest BCUT2D eigenvalue weighted by atomic mass is 9.86. The molecule has 1 heterocycles. The van der Waals surface area contributed by atoms with Gasteiger partial charge in [0.15, 0.2) is 0 Å². The lowest BCUT2D eigenvalue weighted by Crippen LogP contribution is -2.34. The summed E-state index contributed by atoms with van der Waals surface area (Å²) in [4.78, 5) is 24.6. The number of fused-ring (bicyclic) bond motifs is 1. The van der Waals surface area contributed by atoms with Gasteiger partial charge in [0.1, 0.15) is 5.82 Å². The zero-order valence-corrected chi connectivity index (χ0v) is 20.9. The molecular weight excluding hydrogens is 446 g/mol. The number of hydrogen-bond donors (Lipinski definition) is 2. The van der Waals surface area contributed by atoms with Crippen molar-refractivity contribution in [3.63, 3.8) is 0 Å². The van der Waals surface area contributed by atoms with Crippen LogP contribution < -0.4 is 15.5 Å². The van der Waals surface area contributed by atoms with Crippen LogP contribution in [0.2, 0.25) is 0 Å². The molecule has 0 saturated heterocycles. The molecule has 4 aromatic rings. The SMILES string of the molecule is CN(C)c1nc(N[C@H]2CC[C@@H](CNC(=O)c3ccccc3-c3ccccc3)CC2)nc2ccccc12. The second kappa shape index (κ2) is 10.8. The van der Waals surface area contributed by atoms with E-state index in [0.29, 0.717) is 24.5 Å². The first-order valence-electron chi connectivity index (χ1n) is 12.7. The van der Waals surface area contributed by atoms with E-state index in [9.17, 15) is 4.79 Å². The summed E-state index contributed by atoms with van der Waals surface area (Å²) in [5, 5.41) is 7.82. The van der Waals surface area contributed by atoms with Crippen LogP contribution in [0.25, 0.3) is 22.0 Å². The lowest BCUT2D eigenvalue weighted by Gasteiger charge is -2.29. The Morgan fingerprint density at radius 3 is 2.33 bits per heavy atom. The van der Waals surface area contributed by atoms with Crippen LogP contribution in [0.4, 0.5) is 11.8 Å². The molecule has 6 nitrogen and oxygen atoms in total. The van der Waals surface area contributed by atoms with Crippen molar-refractivity contribution in [1.29, 1.82) is 0 Å².